The van der Waals surface area contributed by atoms with Gasteiger partial charge in [-0.05, 0) is 37.3 Å². The van der Waals surface area contributed by atoms with E-state index in [1.807, 2.05) is 0 Å². The Hall–Kier alpha value is -1.30. The third-order valence-corrected chi connectivity index (χ3v) is 3.76. The second-order valence-corrected chi connectivity index (χ2v) is 4.97. The molecule has 1 aromatic carbocycles. The van der Waals surface area contributed by atoms with E-state index in [2.05, 4.69) is 0 Å². The standard InChI is InChI=1S/C14H19NO4.ClH/c1-8-2-3-10(14(17)18)11(13(8)16)12(15)9-4-6-19-7-5-9;/h2-3,9,12,16H,4-7,15H2,1H3,(H,17,18);1H/t12-;/m0./s1. The Morgan fingerprint density at radius 3 is 2.55 bits per heavy atom. The van der Waals surface area contributed by atoms with Crippen molar-refractivity contribution < 1.29 is 19.7 Å². The van der Waals surface area contributed by atoms with Crippen molar-refractivity contribution in [3.63, 3.8) is 0 Å². The minimum atomic E-state index is -1.06. The molecule has 2 rings (SSSR count). The van der Waals surface area contributed by atoms with Gasteiger partial charge >= 0.3 is 5.97 Å². The molecule has 0 unspecified atom stereocenters. The lowest BCUT2D eigenvalue weighted by atomic mass is 9.84. The highest BCUT2D eigenvalue weighted by Gasteiger charge is 2.28. The van der Waals surface area contributed by atoms with Gasteiger partial charge in [0.25, 0.3) is 0 Å². The van der Waals surface area contributed by atoms with Crippen LogP contribution in [0.2, 0.25) is 0 Å². The van der Waals surface area contributed by atoms with Gasteiger partial charge < -0.3 is 20.7 Å². The number of rotatable bonds is 3. The van der Waals surface area contributed by atoms with Crippen molar-refractivity contribution >= 4 is 18.4 Å². The summed E-state index contributed by atoms with van der Waals surface area (Å²) in [5, 5.41) is 19.4. The van der Waals surface area contributed by atoms with Crippen molar-refractivity contribution in [3.8, 4) is 5.75 Å². The van der Waals surface area contributed by atoms with Crippen LogP contribution in [-0.4, -0.2) is 29.4 Å². The summed E-state index contributed by atoms with van der Waals surface area (Å²) in [6, 6.07) is 2.63. The molecular weight excluding hydrogens is 282 g/mol. The van der Waals surface area contributed by atoms with Gasteiger partial charge in [0.1, 0.15) is 5.75 Å². The Bertz CT molecular complexity index is 486. The van der Waals surface area contributed by atoms with E-state index in [0.717, 1.165) is 12.8 Å². The van der Waals surface area contributed by atoms with Crippen molar-refractivity contribution in [2.24, 2.45) is 11.7 Å². The normalized spacial score (nSPS) is 17.3. The molecular formula is C14H20ClNO4. The second kappa shape index (κ2) is 6.92. The summed E-state index contributed by atoms with van der Waals surface area (Å²) in [5.41, 5.74) is 7.27. The van der Waals surface area contributed by atoms with E-state index >= 15 is 0 Å². The van der Waals surface area contributed by atoms with Crippen molar-refractivity contribution in [2.75, 3.05) is 13.2 Å². The van der Waals surface area contributed by atoms with Gasteiger partial charge in [-0.15, -0.1) is 12.4 Å². The number of hydrogen-bond acceptors (Lipinski definition) is 4. The summed E-state index contributed by atoms with van der Waals surface area (Å²) >= 11 is 0. The van der Waals surface area contributed by atoms with Crippen molar-refractivity contribution in [2.45, 2.75) is 25.8 Å². The summed E-state index contributed by atoms with van der Waals surface area (Å²) in [6.45, 7) is 3.00. The zero-order chi connectivity index (χ0) is 14.0. The first-order valence-electron chi connectivity index (χ1n) is 6.41. The van der Waals surface area contributed by atoms with Crippen LogP contribution in [-0.2, 0) is 4.74 Å². The average Bonchev–Trinajstić information content (AvgIpc) is 2.41. The number of benzene rings is 1. The van der Waals surface area contributed by atoms with Crippen LogP contribution in [0.15, 0.2) is 12.1 Å². The number of aromatic carboxylic acids is 1. The highest BCUT2D eigenvalue weighted by atomic mass is 35.5. The zero-order valence-corrected chi connectivity index (χ0v) is 12.2. The van der Waals surface area contributed by atoms with E-state index in [1.165, 1.54) is 6.07 Å². The van der Waals surface area contributed by atoms with Crippen LogP contribution >= 0.6 is 12.4 Å². The van der Waals surface area contributed by atoms with Crippen molar-refractivity contribution in [1.29, 1.82) is 0 Å². The lowest BCUT2D eigenvalue weighted by molar-refractivity contribution is 0.0575. The topological polar surface area (TPSA) is 92.8 Å². The van der Waals surface area contributed by atoms with E-state index in [9.17, 15) is 15.0 Å². The van der Waals surface area contributed by atoms with Crippen LogP contribution in [0.3, 0.4) is 0 Å². The van der Waals surface area contributed by atoms with Crippen LogP contribution in [0.4, 0.5) is 0 Å². The molecule has 1 aromatic rings. The number of hydrogen-bond donors (Lipinski definition) is 3. The van der Waals surface area contributed by atoms with Gasteiger partial charge in [-0.3, -0.25) is 0 Å². The zero-order valence-electron chi connectivity index (χ0n) is 11.3. The molecule has 1 aliphatic heterocycles. The van der Waals surface area contributed by atoms with Crippen LogP contribution in [0.5, 0.6) is 5.75 Å². The van der Waals surface area contributed by atoms with Gasteiger partial charge in [0, 0.05) is 24.8 Å². The number of ether oxygens (including phenoxy) is 1. The van der Waals surface area contributed by atoms with Gasteiger partial charge in [-0.25, -0.2) is 4.79 Å². The highest BCUT2D eigenvalue weighted by Crippen LogP contribution is 2.36. The van der Waals surface area contributed by atoms with Crippen molar-refractivity contribution in [3.05, 3.63) is 28.8 Å². The van der Waals surface area contributed by atoms with E-state index < -0.39 is 12.0 Å². The number of aromatic hydroxyl groups is 1. The lowest BCUT2D eigenvalue weighted by Gasteiger charge is -2.29. The summed E-state index contributed by atoms with van der Waals surface area (Å²) in [7, 11) is 0. The number of halogens is 1. The minimum Gasteiger partial charge on any atom is -0.507 e. The molecule has 5 nitrogen and oxygen atoms in total. The Balaban J connectivity index is 0.00000200. The molecule has 0 saturated carbocycles. The average molecular weight is 302 g/mol. The monoisotopic (exact) mass is 301 g/mol. The van der Waals surface area contributed by atoms with Gasteiger partial charge in [-0.2, -0.15) is 0 Å². The molecule has 6 heteroatoms. The van der Waals surface area contributed by atoms with E-state index in [-0.39, 0.29) is 29.6 Å². The molecule has 0 amide bonds. The third kappa shape index (κ3) is 3.23. The fraction of sp³-hybridized carbons (Fsp3) is 0.500. The van der Waals surface area contributed by atoms with Crippen LogP contribution in [0, 0.1) is 12.8 Å². The van der Waals surface area contributed by atoms with E-state index in [1.54, 1.807) is 13.0 Å². The fourth-order valence-corrected chi connectivity index (χ4v) is 2.55. The number of carboxylic acid groups (broad SMARTS) is 1. The summed E-state index contributed by atoms with van der Waals surface area (Å²) in [4.78, 5) is 11.3. The number of aryl methyl sites for hydroxylation is 1. The number of carbonyl (C=O) groups is 1. The first-order chi connectivity index (χ1) is 9.02. The third-order valence-electron chi connectivity index (χ3n) is 3.76. The molecule has 0 aliphatic carbocycles. The molecule has 1 aliphatic rings. The second-order valence-electron chi connectivity index (χ2n) is 4.97. The van der Waals surface area contributed by atoms with Gasteiger partial charge in [0.05, 0.1) is 5.56 Å². The van der Waals surface area contributed by atoms with Gasteiger partial charge in [0.2, 0.25) is 0 Å². The molecule has 4 N–H and O–H groups in total. The molecule has 1 atom stereocenters. The predicted molar refractivity (Wildman–Crippen MR) is 77.5 cm³/mol. The van der Waals surface area contributed by atoms with Crippen molar-refractivity contribution in [1.82, 2.24) is 0 Å². The highest BCUT2D eigenvalue weighted by molar-refractivity contribution is 5.90. The number of phenols is 1. The molecule has 112 valence electrons. The van der Waals surface area contributed by atoms with Crippen LogP contribution in [0.1, 0.15) is 40.4 Å². The Kier molecular flexibility index (Phi) is 5.80. The largest absolute Gasteiger partial charge is 0.507 e. The number of carboxylic acids is 1. The van der Waals surface area contributed by atoms with Crippen LogP contribution < -0.4 is 5.73 Å². The molecule has 1 heterocycles. The lowest BCUT2D eigenvalue weighted by Crippen LogP contribution is -2.29. The van der Waals surface area contributed by atoms with E-state index in [0.29, 0.717) is 24.3 Å². The molecule has 20 heavy (non-hydrogen) atoms. The van der Waals surface area contributed by atoms with Crippen LogP contribution in [0.25, 0.3) is 0 Å². The SMILES string of the molecule is Cc1ccc(C(=O)O)c([C@@H](N)C2CCOCC2)c1O.Cl. The maximum Gasteiger partial charge on any atom is 0.336 e. The minimum absolute atomic E-state index is 0. The Morgan fingerprint density at radius 1 is 1.40 bits per heavy atom. The maximum absolute atomic E-state index is 11.3. The first-order valence-corrected chi connectivity index (χ1v) is 6.41. The molecule has 0 radical (unpaired) electrons. The van der Waals surface area contributed by atoms with E-state index in [4.69, 9.17) is 10.5 Å². The molecule has 0 spiro atoms. The summed E-state index contributed by atoms with van der Waals surface area (Å²) in [6.07, 6.45) is 1.57. The molecule has 1 saturated heterocycles. The molecule has 0 bridgehead atoms. The Morgan fingerprint density at radius 2 is 2.00 bits per heavy atom. The number of phenolic OH excluding ortho intramolecular Hbond substituents is 1. The smallest absolute Gasteiger partial charge is 0.336 e. The molecule has 1 fully saturated rings. The number of nitrogens with two attached hydrogens (primary N) is 1. The fourth-order valence-electron chi connectivity index (χ4n) is 2.55. The Labute approximate surface area is 124 Å². The summed E-state index contributed by atoms with van der Waals surface area (Å²) in [5.74, 6) is -0.925. The molecule has 0 aromatic heterocycles. The van der Waals surface area contributed by atoms with Gasteiger partial charge in [-0.1, -0.05) is 6.07 Å². The summed E-state index contributed by atoms with van der Waals surface area (Å²) < 4.78 is 5.28. The maximum atomic E-state index is 11.3. The van der Waals surface area contributed by atoms with Gasteiger partial charge in [0.15, 0.2) is 0 Å². The predicted octanol–water partition coefficient (Wildman–Crippen LogP) is 2.25. The first kappa shape index (κ1) is 16.8. The quantitative estimate of drug-likeness (QED) is 0.796.